The van der Waals surface area contributed by atoms with E-state index in [0.29, 0.717) is 25.0 Å². The van der Waals surface area contributed by atoms with E-state index >= 15 is 0 Å². The van der Waals surface area contributed by atoms with Gasteiger partial charge in [-0.2, -0.15) is 0 Å². The van der Waals surface area contributed by atoms with Gasteiger partial charge in [-0.15, -0.1) is 0 Å². The fourth-order valence-corrected chi connectivity index (χ4v) is 3.45. The third kappa shape index (κ3) is 3.68. The van der Waals surface area contributed by atoms with Gasteiger partial charge in [0.15, 0.2) is 0 Å². The van der Waals surface area contributed by atoms with Gasteiger partial charge in [0, 0.05) is 12.5 Å². The minimum absolute atomic E-state index is 0.351. The Bertz CT molecular complexity index is 464. The summed E-state index contributed by atoms with van der Waals surface area (Å²) >= 11 is 0. The van der Waals surface area contributed by atoms with E-state index < -0.39 is 0 Å². The van der Waals surface area contributed by atoms with Crippen LogP contribution in [0.25, 0.3) is 0 Å². The van der Waals surface area contributed by atoms with Crippen LogP contribution in [-0.2, 0) is 11.3 Å². The Labute approximate surface area is 127 Å². The number of ether oxygens (including phenoxy) is 1. The molecule has 0 aliphatic heterocycles. The molecule has 1 N–H and O–H groups in total. The Kier molecular flexibility index (Phi) is 4.97. The number of hydrogen-bond acceptors (Lipinski definition) is 2. The molecule has 2 saturated carbocycles. The van der Waals surface area contributed by atoms with Gasteiger partial charge < -0.3 is 9.84 Å². The van der Waals surface area contributed by atoms with E-state index in [1.807, 2.05) is 6.07 Å². The van der Waals surface area contributed by atoms with E-state index in [4.69, 9.17) is 4.74 Å². The average Bonchev–Trinajstić information content (AvgIpc) is 2.50. The summed E-state index contributed by atoms with van der Waals surface area (Å²) in [5.41, 5.74) is 2.80. The first-order valence-corrected chi connectivity index (χ1v) is 8.36. The molecule has 114 valence electrons. The van der Waals surface area contributed by atoms with E-state index in [2.05, 4.69) is 24.3 Å². The molecule has 0 spiro atoms. The molecule has 3 rings (SSSR count). The van der Waals surface area contributed by atoms with Crippen LogP contribution < -0.4 is 0 Å². The fourth-order valence-electron chi connectivity index (χ4n) is 3.45. The first-order valence-electron chi connectivity index (χ1n) is 8.36. The molecule has 1 aromatic rings. The van der Waals surface area contributed by atoms with E-state index in [0.717, 1.165) is 12.8 Å². The number of aliphatic hydroxyl groups is 1. The molecule has 0 heterocycles. The van der Waals surface area contributed by atoms with Crippen LogP contribution in [0.1, 0.15) is 50.5 Å². The molecule has 0 saturated heterocycles. The van der Waals surface area contributed by atoms with Crippen molar-refractivity contribution in [3.8, 4) is 0 Å². The zero-order valence-electron chi connectivity index (χ0n) is 12.8. The quantitative estimate of drug-likeness (QED) is 0.811. The monoisotopic (exact) mass is 286 g/mol. The van der Waals surface area contributed by atoms with Crippen molar-refractivity contribution in [2.24, 2.45) is 11.8 Å². The summed E-state index contributed by atoms with van der Waals surface area (Å²) in [5, 5.41) is 9.29. The predicted molar refractivity (Wildman–Crippen MR) is 84.6 cm³/mol. The Morgan fingerprint density at radius 2 is 1.76 bits per heavy atom. The van der Waals surface area contributed by atoms with Crippen molar-refractivity contribution in [3.63, 3.8) is 0 Å². The second-order valence-electron chi connectivity index (χ2n) is 6.50. The molecular formula is C19H26O2. The van der Waals surface area contributed by atoms with Crippen molar-refractivity contribution in [3.05, 3.63) is 47.2 Å². The molecule has 1 aromatic carbocycles. The first kappa shape index (κ1) is 14.6. The maximum absolute atomic E-state index is 9.29. The van der Waals surface area contributed by atoms with Crippen LogP contribution in [0.15, 0.2) is 41.7 Å². The van der Waals surface area contributed by atoms with E-state index in [-0.39, 0.29) is 0 Å². The highest BCUT2D eigenvalue weighted by Crippen LogP contribution is 2.40. The lowest BCUT2D eigenvalue weighted by Gasteiger charge is -2.32. The normalized spacial score (nSPS) is 25.3. The van der Waals surface area contributed by atoms with Gasteiger partial charge in [0.1, 0.15) is 6.61 Å². The molecule has 2 nitrogen and oxygen atoms in total. The average molecular weight is 286 g/mol. The van der Waals surface area contributed by atoms with Gasteiger partial charge in [-0.1, -0.05) is 30.3 Å². The molecule has 0 bridgehead atoms. The van der Waals surface area contributed by atoms with Crippen LogP contribution in [0.4, 0.5) is 0 Å². The molecule has 0 atom stereocenters. The summed E-state index contributed by atoms with van der Waals surface area (Å²) in [6.07, 6.45) is 8.42. The smallest absolute Gasteiger partial charge is 0.113 e. The van der Waals surface area contributed by atoms with Gasteiger partial charge in [0.25, 0.3) is 0 Å². The van der Waals surface area contributed by atoms with Gasteiger partial charge in [-0.25, -0.2) is 0 Å². The number of rotatable bonds is 5. The zero-order valence-corrected chi connectivity index (χ0v) is 12.8. The molecule has 0 radical (unpaired) electrons. The number of aliphatic hydroxyl groups excluding tert-OH is 1. The molecule has 2 heteroatoms. The Balaban J connectivity index is 1.63. The first-order chi connectivity index (χ1) is 10.4. The molecule has 2 aliphatic rings. The van der Waals surface area contributed by atoms with Crippen LogP contribution in [0.2, 0.25) is 0 Å². The van der Waals surface area contributed by atoms with Crippen LogP contribution in [0.3, 0.4) is 0 Å². The topological polar surface area (TPSA) is 29.5 Å². The Morgan fingerprint density at radius 3 is 2.33 bits per heavy atom. The van der Waals surface area contributed by atoms with Crippen molar-refractivity contribution >= 4 is 0 Å². The summed E-state index contributed by atoms with van der Waals surface area (Å²) in [6.45, 7) is 1.04. The van der Waals surface area contributed by atoms with E-state index in [1.54, 1.807) is 5.57 Å². The van der Waals surface area contributed by atoms with Gasteiger partial charge in [0.2, 0.25) is 0 Å². The SMILES string of the molecule is OCC1CCC(C(OCc2ccccc2)=C2CCC2)CC1. The van der Waals surface area contributed by atoms with Crippen LogP contribution in [-0.4, -0.2) is 11.7 Å². The highest BCUT2D eigenvalue weighted by molar-refractivity contribution is 5.19. The van der Waals surface area contributed by atoms with Crippen LogP contribution in [0.5, 0.6) is 0 Å². The van der Waals surface area contributed by atoms with Crippen molar-refractivity contribution in [2.45, 2.75) is 51.6 Å². The Hall–Kier alpha value is -1.28. The fraction of sp³-hybridized carbons (Fsp3) is 0.579. The summed E-state index contributed by atoms with van der Waals surface area (Å²) in [6, 6.07) is 10.4. The van der Waals surface area contributed by atoms with Crippen molar-refractivity contribution in [2.75, 3.05) is 6.61 Å². The second-order valence-corrected chi connectivity index (χ2v) is 6.50. The van der Waals surface area contributed by atoms with Crippen LogP contribution in [0, 0.1) is 11.8 Å². The lowest BCUT2D eigenvalue weighted by Crippen LogP contribution is -2.21. The largest absolute Gasteiger partial charge is 0.493 e. The van der Waals surface area contributed by atoms with E-state index in [1.165, 1.54) is 43.4 Å². The molecule has 0 unspecified atom stereocenters. The number of allylic oxidation sites excluding steroid dienone is 2. The summed E-state index contributed by atoms with van der Waals surface area (Å²) in [5.74, 6) is 2.40. The van der Waals surface area contributed by atoms with Crippen molar-refractivity contribution in [1.82, 2.24) is 0 Å². The number of benzene rings is 1. The summed E-state index contributed by atoms with van der Waals surface area (Å²) in [4.78, 5) is 0. The highest BCUT2D eigenvalue weighted by Gasteiger charge is 2.28. The maximum Gasteiger partial charge on any atom is 0.113 e. The van der Waals surface area contributed by atoms with Gasteiger partial charge in [-0.05, 0) is 62.0 Å². The number of hydrogen-bond donors (Lipinski definition) is 1. The minimum atomic E-state index is 0.351. The second kappa shape index (κ2) is 7.13. The highest BCUT2D eigenvalue weighted by atomic mass is 16.5. The third-order valence-corrected chi connectivity index (χ3v) is 5.02. The lowest BCUT2D eigenvalue weighted by molar-refractivity contribution is 0.116. The van der Waals surface area contributed by atoms with Gasteiger partial charge in [0.05, 0.1) is 5.76 Å². The third-order valence-electron chi connectivity index (χ3n) is 5.02. The molecule has 21 heavy (non-hydrogen) atoms. The minimum Gasteiger partial charge on any atom is -0.493 e. The standard InChI is InChI=1S/C19H26O2/c20-13-15-9-11-18(12-10-15)19(17-7-4-8-17)21-14-16-5-2-1-3-6-16/h1-3,5-6,15,18,20H,4,7-14H2. The van der Waals surface area contributed by atoms with Crippen molar-refractivity contribution in [1.29, 1.82) is 0 Å². The zero-order chi connectivity index (χ0) is 14.5. The lowest BCUT2D eigenvalue weighted by atomic mass is 9.78. The van der Waals surface area contributed by atoms with Gasteiger partial charge >= 0.3 is 0 Å². The van der Waals surface area contributed by atoms with E-state index in [9.17, 15) is 5.11 Å². The molecule has 0 amide bonds. The molecule has 0 aromatic heterocycles. The summed E-state index contributed by atoms with van der Waals surface area (Å²) in [7, 11) is 0. The molecular weight excluding hydrogens is 260 g/mol. The van der Waals surface area contributed by atoms with Crippen molar-refractivity contribution < 1.29 is 9.84 Å². The van der Waals surface area contributed by atoms with Crippen LogP contribution >= 0.6 is 0 Å². The summed E-state index contributed by atoms with van der Waals surface area (Å²) < 4.78 is 6.26. The predicted octanol–water partition coefficient (Wildman–Crippen LogP) is 4.44. The molecule has 2 aliphatic carbocycles. The maximum atomic E-state index is 9.29. The van der Waals surface area contributed by atoms with Gasteiger partial charge in [-0.3, -0.25) is 0 Å². The molecule has 2 fully saturated rings. The Morgan fingerprint density at radius 1 is 1.05 bits per heavy atom.